The van der Waals surface area contributed by atoms with E-state index in [0.29, 0.717) is 24.3 Å². The van der Waals surface area contributed by atoms with E-state index in [2.05, 4.69) is 10.6 Å². The van der Waals surface area contributed by atoms with Gasteiger partial charge in [0.1, 0.15) is 0 Å². The van der Waals surface area contributed by atoms with E-state index >= 15 is 0 Å². The van der Waals surface area contributed by atoms with Crippen LogP contribution in [-0.4, -0.2) is 49.7 Å². The Balaban J connectivity index is 2.01. The van der Waals surface area contributed by atoms with E-state index < -0.39 is 0 Å². The van der Waals surface area contributed by atoms with Gasteiger partial charge in [0.05, 0.1) is 6.10 Å². The van der Waals surface area contributed by atoms with E-state index in [4.69, 9.17) is 4.74 Å². The van der Waals surface area contributed by atoms with Crippen molar-refractivity contribution in [1.82, 2.24) is 10.2 Å². The molecule has 0 bridgehead atoms. The van der Waals surface area contributed by atoms with Crippen LogP contribution in [0.1, 0.15) is 35.7 Å². The minimum absolute atomic E-state index is 0.137. The Morgan fingerprint density at radius 3 is 2.74 bits per heavy atom. The third-order valence-electron chi connectivity index (χ3n) is 4.07. The summed E-state index contributed by atoms with van der Waals surface area (Å²) in [6.07, 6.45) is 2.20. The molecule has 1 aromatic rings. The number of likely N-dealkylation sites (N-methyl/N-ethyl adjacent to an activating group) is 1. The summed E-state index contributed by atoms with van der Waals surface area (Å²) in [4.78, 5) is 25.8. The molecule has 126 valence electrons. The number of urea groups is 1. The number of carbonyl (C=O) groups excluding carboxylic acids is 2. The molecule has 1 saturated heterocycles. The molecule has 1 fully saturated rings. The summed E-state index contributed by atoms with van der Waals surface area (Å²) < 4.78 is 5.60. The lowest BCUT2D eigenvalue weighted by molar-refractivity contribution is 0.0849. The third-order valence-corrected chi connectivity index (χ3v) is 4.07. The average Bonchev–Trinajstić information content (AvgIpc) is 3.06. The highest BCUT2D eigenvalue weighted by molar-refractivity contribution is 5.96. The van der Waals surface area contributed by atoms with Gasteiger partial charge in [-0.3, -0.25) is 4.79 Å². The van der Waals surface area contributed by atoms with Gasteiger partial charge in [0.2, 0.25) is 0 Å². The lowest BCUT2D eigenvalue weighted by Crippen LogP contribution is -2.40. The first-order chi connectivity index (χ1) is 11.0. The molecule has 1 atom stereocenters. The lowest BCUT2D eigenvalue weighted by atomic mass is 10.1. The Bertz CT molecular complexity index is 568. The largest absolute Gasteiger partial charge is 0.376 e. The van der Waals surface area contributed by atoms with Gasteiger partial charge in [-0.2, -0.15) is 0 Å². The number of ether oxygens (including phenoxy) is 1. The van der Waals surface area contributed by atoms with Crippen LogP contribution >= 0.6 is 0 Å². The van der Waals surface area contributed by atoms with Crippen molar-refractivity contribution in [3.8, 4) is 0 Å². The zero-order valence-electron chi connectivity index (χ0n) is 14.0. The van der Waals surface area contributed by atoms with Crippen molar-refractivity contribution in [2.75, 3.05) is 32.1 Å². The first kappa shape index (κ1) is 17.3. The summed E-state index contributed by atoms with van der Waals surface area (Å²) in [5.41, 5.74) is 2.15. The van der Waals surface area contributed by atoms with Crippen molar-refractivity contribution in [3.63, 3.8) is 0 Å². The van der Waals surface area contributed by atoms with Gasteiger partial charge >= 0.3 is 6.03 Å². The van der Waals surface area contributed by atoms with Gasteiger partial charge in [-0.15, -0.1) is 0 Å². The first-order valence-electron chi connectivity index (χ1n) is 8.05. The van der Waals surface area contributed by atoms with E-state index in [-0.39, 0.29) is 18.0 Å². The van der Waals surface area contributed by atoms with E-state index in [0.717, 1.165) is 25.0 Å². The smallest absolute Gasteiger partial charge is 0.321 e. The van der Waals surface area contributed by atoms with Crippen molar-refractivity contribution in [1.29, 1.82) is 0 Å². The highest BCUT2D eigenvalue weighted by Gasteiger charge is 2.22. The normalized spacial score (nSPS) is 16.9. The van der Waals surface area contributed by atoms with E-state index in [1.807, 2.05) is 13.8 Å². The number of rotatable bonds is 5. The van der Waals surface area contributed by atoms with Crippen molar-refractivity contribution in [2.24, 2.45) is 0 Å². The number of nitrogens with one attached hydrogen (secondary N) is 2. The molecule has 0 aliphatic carbocycles. The number of amides is 3. The molecule has 6 nitrogen and oxygen atoms in total. The van der Waals surface area contributed by atoms with Crippen LogP contribution < -0.4 is 10.6 Å². The number of aryl methyl sites for hydroxylation is 1. The van der Waals surface area contributed by atoms with Crippen LogP contribution in [-0.2, 0) is 4.74 Å². The van der Waals surface area contributed by atoms with Crippen LogP contribution in [0.4, 0.5) is 10.5 Å². The highest BCUT2D eigenvalue weighted by atomic mass is 16.5. The van der Waals surface area contributed by atoms with Gasteiger partial charge in [0.15, 0.2) is 0 Å². The molecule has 0 unspecified atom stereocenters. The topological polar surface area (TPSA) is 70.7 Å². The van der Waals surface area contributed by atoms with Gasteiger partial charge in [0.25, 0.3) is 5.91 Å². The molecule has 3 amide bonds. The van der Waals surface area contributed by atoms with E-state index in [1.165, 1.54) is 0 Å². The molecule has 23 heavy (non-hydrogen) atoms. The second kappa shape index (κ2) is 7.97. The molecular weight excluding hydrogens is 294 g/mol. The molecule has 0 radical (unpaired) electrons. The fourth-order valence-electron chi connectivity index (χ4n) is 2.67. The Labute approximate surface area is 137 Å². The van der Waals surface area contributed by atoms with E-state index in [9.17, 15) is 9.59 Å². The molecule has 0 saturated carbocycles. The van der Waals surface area contributed by atoms with Crippen LogP contribution in [0.25, 0.3) is 0 Å². The maximum atomic E-state index is 12.4. The first-order valence-corrected chi connectivity index (χ1v) is 8.05. The van der Waals surface area contributed by atoms with Gasteiger partial charge in [0, 0.05) is 38.0 Å². The Morgan fingerprint density at radius 2 is 2.17 bits per heavy atom. The maximum absolute atomic E-state index is 12.4. The minimum atomic E-state index is -0.140. The molecule has 1 heterocycles. The fourth-order valence-corrected chi connectivity index (χ4v) is 2.67. The molecule has 1 aliphatic heterocycles. The zero-order valence-corrected chi connectivity index (χ0v) is 14.0. The van der Waals surface area contributed by atoms with Crippen LogP contribution in [0.2, 0.25) is 0 Å². The van der Waals surface area contributed by atoms with Gasteiger partial charge in [-0.1, -0.05) is 0 Å². The standard InChI is InChI=1S/C17H25N3O3/c1-4-20(11-14-6-5-9-23-14)17(22)19-15-8-7-13(10-12(15)2)16(21)18-3/h7-8,10,14H,4-6,9,11H2,1-3H3,(H,18,21)(H,19,22)/t14-/m0/s1. The summed E-state index contributed by atoms with van der Waals surface area (Å²) in [7, 11) is 1.59. The Kier molecular flexibility index (Phi) is 5.98. The number of benzene rings is 1. The second-order valence-corrected chi connectivity index (χ2v) is 5.71. The predicted octanol–water partition coefficient (Wildman–Crippen LogP) is 2.39. The van der Waals surface area contributed by atoms with Gasteiger partial charge < -0.3 is 20.3 Å². The number of hydrogen-bond donors (Lipinski definition) is 2. The molecule has 2 N–H and O–H groups in total. The number of hydrogen-bond acceptors (Lipinski definition) is 3. The van der Waals surface area contributed by atoms with Crippen molar-refractivity contribution >= 4 is 17.6 Å². The lowest BCUT2D eigenvalue weighted by Gasteiger charge is -2.24. The van der Waals surface area contributed by atoms with Crippen LogP contribution in [0.3, 0.4) is 0 Å². The third kappa shape index (κ3) is 4.45. The predicted molar refractivity (Wildman–Crippen MR) is 89.8 cm³/mol. The van der Waals surface area contributed by atoms with Crippen molar-refractivity contribution < 1.29 is 14.3 Å². The SMILES string of the molecule is CCN(C[C@@H]1CCCO1)C(=O)Nc1ccc(C(=O)NC)cc1C. The quantitative estimate of drug-likeness (QED) is 0.875. The van der Waals surface area contributed by atoms with E-state index in [1.54, 1.807) is 30.1 Å². The van der Waals surface area contributed by atoms with Crippen LogP contribution in [0.15, 0.2) is 18.2 Å². The summed E-state index contributed by atoms with van der Waals surface area (Å²) in [6.45, 7) is 5.84. The minimum Gasteiger partial charge on any atom is -0.376 e. The maximum Gasteiger partial charge on any atom is 0.321 e. The molecule has 6 heteroatoms. The molecule has 0 spiro atoms. The summed E-state index contributed by atoms with van der Waals surface area (Å²) in [5.74, 6) is -0.139. The summed E-state index contributed by atoms with van der Waals surface area (Å²) in [6, 6.07) is 5.10. The second-order valence-electron chi connectivity index (χ2n) is 5.71. The number of anilines is 1. The highest BCUT2D eigenvalue weighted by Crippen LogP contribution is 2.18. The van der Waals surface area contributed by atoms with Crippen LogP contribution in [0, 0.1) is 6.92 Å². The van der Waals surface area contributed by atoms with Crippen molar-refractivity contribution in [3.05, 3.63) is 29.3 Å². The Hall–Kier alpha value is -2.08. The molecule has 0 aromatic heterocycles. The van der Waals surface area contributed by atoms with Gasteiger partial charge in [-0.05, 0) is 50.5 Å². The number of nitrogens with zero attached hydrogens (tertiary/aromatic N) is 1. The van der Waals surface area contributed by atoms with Gasteiger partial charge in [-0.25, -0.2) is 4.79 Å². The average molecular weight is 319 g/mol. The fraction of sp³-hybridized carbons (Fsp3) is 0.529. The summed E-state index contributed by atoms with van der Waals surface area (Å²) >= 11 is 0. The summed E-state index contributed by atoms with van der Waals surface area (Å²) in [5, 5.41) is 5.51. The van der Waals surface area contributed by atoms with Crippen LogP contribution in [0.5, 0.6) is 0 Å². The molecule has 2 rings (SSSR count). The monoisotopic (exact) mass is 319 g/mol. The van der Waals surface area contributed by atoms with Crippen molar-refractivity contribution in [2.45, 2.75) is 32.8 Å². The zero-order chi connectivity index (χ0) is 16.8. The molecular formula is C17H25N3O3. The molecule has 1 aromatic carbocycles. The number of carbonyl (C=O) groups is 2. The Morgan fingerprint density at radius 1 is 1.39 bits per heavy atom. The molecule has 1 aliphatic rings.